The number of carbonyl (C=O) groups is 2. The van der Waals surface area contributed by atoms with Crippen molar-refractivity contribution in [2.45, 2.75) is 12.5 Å². The molecule has 1 unspecified atom stereocenters. The molecule has 0 saturated carbocycles. The zero-order valence-electron chi connectivity index (χ0n) is 12.2. The number of benzene rings is 1. The fraction of sp³-hybridized carbons (Fsp3) is 0.188. The van der Waals surface area contributed by atoms with Gasteiger partial charge in [0.15, 0.2) is 0 Å². The van der Waals surface area contributed by atoms with Crippen molar-refractivity contribution in [2.24, 2.45) is 5.73 Å². The minimum atomic E-state index is -1.12. The van der Waals surface area contributed by atoms with Gasteiger partial charge in [0, 0.05) is 6.20 Å². The summed E-state index contributed by atoms with van der Waals surface area (Å²) < 4.78 is 0. The topological polar surface area (TPSA) is 97.1 Å². The summed E-state index contributed by atoms with van der Waals surface area (Å²) in [5.41, 5.74) is 5.68. The van der Waals surface area contributed by atoms with E-state index >= 15 is 0 Å². The van der Waals surface area contributed by atoms with E-state index in [1.165, 1.54) is 0 Å². The van der Waals surface area contributed by atoms with Gasteiger partial charge in [0.2, 0.25) is 11.8 Å². The molecule has 1 aromatic heterocycles. The molecular weight excluding hydrogens is 280 g/mol. The molecular formula is C16H18N4O2. The lowest BCUT2D eigenvalue weighted by molar-refractivity contribution is -0.124. The Kier molecular flexibility index (Phi) is 4.85. The fourth-order valence-corrected chi connectivity index (χ4v) is 2.00. The molecule has 2 amide bonds. The number of hydrogen-bond acceptors (Lipinski definition) is 4. The highest BCUT2D eigenvalue weighted by atomic mass is 16.2. The molecule has 22 heavy (non-hydrogen) atoms. The van der Waals surface area contributed by atoms with Crippen LogP contribution in [0.2, 0.25) is 0 Å². The summed E-state index contributed by atoms with van der Waals surface area (Å²) in [6.07, 6.45) is 3.16. The number of primary amides is 1. The number of carbonyl (C=O) groups excluding carboxylic acids is 2. The minimum absolute atomic E-state index is 0.0524. The van der Waals surface area contributed by atoms with Crippen LogP contribution in [0.3, 0.4) is 0 Å². The van der Waals surface area contributed by atoms with Crippen LogP contribution in [0.25, 0.3) is 0 Å². The van der Waals surface area contributed by atoms with Crippen molar-refractivity contribution in [1.82, 2.24) is 10.3 Å². The standard InChI is InChI=1S/C16H18N4O2/c1-16(15(17)22,12-6-3-2-4-7-12)19-11-14(21)20-13-8-5-9-18-10-13/h2-10,19H,11H2,1H3,(H2,17,22)(H,20,21). The zero-order valence-corrected chi connectivity index (χ0v) is 12.2. The van der Waals surface area contributed by atoms with E-state index in [1.54, 1.807) is 43.6 Å². The maximum Gasteiger partial charge on any atom is 0.242 e. The number of rotatable bonds is 6. The number of aromatic nitrogens is 1. The predicted molar refractivity (Wildman–Crippen MR) is 83.9 cm³/mol. The molecule has 2 aromatic rings. The molecule has 1 atom stereocenters. The van der Waals surface area contributed by atoms with Crippen LogP contribution in [0.5, 0.6) is 0 Å². The van der Waals surface area contributed by atoms with E-state index in [1.807, 2.05) is 18.2 Å². The van der Waals surface area contributed by atoms with E-state index in [4.69, 9.17) is 5.73 Å². The van der Waals surface area contributed by atoms with Gasteiger partial charge in [0.1, 0.15) is 5.54 Å². The van der Waals surface area contributed by atoms with E-state index in [-0.39, 0.29) is 12.5 Å². The maximum absolute atomic E-state index is 12.0. The highest BCUT2D eigenvalue weighted by Crippen LogP contribution is 2.19. The molecule has 0 aliphatic rings. The molecule has 114 valence electrons. The molecule has 0 radical (unpaired) electrons. The number of pyridine rings is 1. The van der Waals surface area contributed by atoms with Crippen LogP contribution in [0, 0.1) is 0 Å². The van der Waals surface area contributed by atoms with Crippen LogP contribution < -0.4 is 16.4 Å². The zero-order chi connectivity index (χ0) is 16.0. The van der Waals surface area contributed by atoms with Gasteiger partial charge in [-0.3, -0.25) is 19.9 Å². The molecule has 0 saturated heterocycles. The minimum Gasteiger partial charge on any atom is -0.368 e. The van der Waals surface area contributed by atoms with Crippen LogP contribution >= 0.6 is 0 Å². The molecule has 0 aliphatic heterocycles. The van der Waals surface area contributed by atoms with Crippen molar-refractivity contribution in [1.29, 1.82) is 0 Å². The monoisotopic (exact) mass is 298 g/mol. The summed E-state index contributed by atoms with van der Waals surface area (Å²) >= 11 is 0. The van der Waals surface area contributed by atoms with Gasteiger partial charge in [-0.2, -0.15) is 0 Å². The number of nitrogens with one attached hydrogen (secondary N) is 2. The normalized spacial score (nSPS) is 13.1. The number of hydrogen-bond donors (Lipinski definition) is 3. The Labute approximate surface area is 128 Å². The highest BCUT2D eigenvalue weighted by Gasteiger charge is 2.33. The predicted octanol–water partition coefficient (Wildman–Crippen LogP) is 1.01. The third-order valence-corrected chi connectivity index (χ3v) is 3.39. The van der Waals surface area contributed by atoms with Gasteiger partial charge in [-0.25, -0.2) is 0 Å². The first-order valence-electron chi connectivity index (χ1n) is 6.83. The molecule has 0 bridgehead atoms. The molecule has 0 spiro atoms. The fourth-order valence-electron chi connectivity index (χ4n) is 2.00. The summed E-state index contributed by atoms with van der Waals surface area (Å²) in [7, 11) is 0. The Bertz CT molecular complexity index is 646. The van der Waals surface area contributed by atoms with Gasteiger partial charge < -0.3 is 11.1 Å². The number of anilines is 1. The molecule has 2 rings (SSSR count). The van der Waals surface area contributed by atoms with Gasteiger partial charge in [-0.05, 0) is 24.6 Å². The van der Waals surface area contributed by atoms with E-state index in [9.17, 15) is 9.59 Å². The number of nitrogens with two attached hydrogens (primary N) is 1. The van der Waals surface area contributed by atoms with Gasteiger partial charge >= 0.3 is 0 Å². The second-order valence-electron chi connectivity index (χ2n) is 5.00. The average molecular weight is 298 g/mol. The average Bonchev–Trinajstić information content (AvgIpc) is 2.54. The van der Waals surface area contributed by atoms with Crippen molar-refractivity contribution in [3.8, 4) is 0 Å². The third kappa shape index (κ3) is 3.67. The molecule has 4 N–H and O–H groups in total. The van der Waals surface area contributed by atoms with Crippen molar-refractivity contribution in [2.75, 3.05) is 11.9 Å². The second kappa shape index (κ2) is 6.82. The Hall–Kier alpha value is -2.73. The van der Waals surface area contributed by atoms with Crippen molar-refractivity contribution < 1.29 is 9.59 Å². The van der Waals surface area contributed by atoms with E-state index in [0.717, 1.165) is 0 Å². The third-order valence-electron chi connectivity index (χ3n) is 3.39. The molecule has 6 nitrogen and oxygen atoms in total. The van der Waals surface area contributed by atoms with E-state index in [0.29, 0.717) is 11.3 Å². The highest BCUT2D eigenvalue weighted by molar-refractivity contribution is 5.93. The smallest absolute Gasteiger partial charge is 0.242 e. The van der Waals surface area contributed by atoms with Gasteiger partial charge in [-0.15, -0.1) is 0 Å². The van der Waals surface area contributed by atoms with E-state index < -0.39 is 11.4 Å². The second-order valence-corrected chi connectivity index (χ2v) is 5.00. The Morgan fingerprint density at radius 1 is 1.18 bits per heavy atom. The first-order chi connectivity index (χ1) is 10.5. The van der Waals surface area contributed by atoms with Crippen LogP contribution in [0.4, 0.5) is 5.69 Å². The van der Waals surface area contributed by atoms with Gasteiger partial charge in [0.05, 0.1) is 18.4 Å². The lowest BCUT2D eigenvalue weighted by atomic mass is 9.91. The van der Waals surface area contributed by atoms with Crippen LogP contribution in [0.15, 0.2) is 54.9 Å². The Morgan fingerprint density at radius 2 is 1.91 bits per heavy atom. The molecule has 0 aliphatic carbocycles. The lowest BCUT2D eigenvalue weighted by Crippen LogP contribution is -2.52. The summed E-state index contributed by atoms with van der Waals surface area (Å²) in [6, 6.07) is 12.5. The first kappa shape index (κ1) is 15.7. The Balaban J connectivity index is 2.04. The summed E-state index contributed by atoms with van der Waals surface area (Å²) in [5.74, 6) is -0.829. The molecule has 0 fully saturated rings. The van der Waals surface area contributed by atoms with Crippen molar-refractivity contribution >= 4 is 17.5 Å². The number of nitrogens with zero attached hydrogens (tertiary/aromatic N) is 1. The van der Waals surface area contributed by atoms with Gasteiger partial charge in [-0.1, -0.05) is 30.3 Å². The summed E-state index contributed by atoms with van der Waals surface area (Å²) in [5, 5.41) is 5.61. The maximum atomic E-state index is 12.0. The summed E-state index contributed by atoms with van der Waals surface area (Å²) in [6.45, 7) is 1.60. The van der Waals surface area contributed by atoms with E-state index in [2.05, 4.69) is 15.6 Å². The van der Waals surface area contributed by atoms with Crippen LogP contribution in [0.1, 0.15) is 12.5 Å². The molecule has 1 aromatic carbocycles. The van der Waals surface area contributed by atoms with Gasteiger partial charge in [0.25, 0.3) is 0 Å². The SMILES string of the molecule is CC(NCC(=O)Nc1cccnc1)(C(N)=O)c1ccccc1. The quantitative estimate of drug-likeness (QED) is 0.741. The molecule has 1 heterocycles. The Morgan fingerprint density at radius 3 is 2.50 bits per heavy atom. The van der Waals surface area contributed by atoms with Crippen molar-refractivity contribution in [3.05, 3.63) is 60.4 Å². The summed E-state index contributed by atoms with van der Waals surface area (Å²) in [4.78, 5) is 27.7. The lowest BCUT2D eigenvalue weighted by Gasteiger charge is -2.27. The largest absolute Gasteiger partial charge is 0.368 e. The van der Waals surface area contributed by atoms with Crippen LogP contribution in [-0.4, -0.2) is 23.3 Å². The molecule has 6 heteroatoms. The van der Waals surface area contributed by atoms with Crippen LogP contribution in [-0.2, 0) is 15.1 Å². The number of amides is 2. The first-order valence-corrected chi connectivity index (χ1v) is 6.83. The van der Waals surface area contributed by atoms with Crippen molar-refractivity contribution in [3.63, 3.8) is 0 Å².